The van der Waals surface area contributed by atoms with Crippen LogP contribution in [0.15, 0.2) is 67.5 Å². The standard InChI is InChI=1S/C14H12Se2/c1-2-6-11(5-1)13-9-16-14(10-15-13)12-7-3-4-8-12/h1-12H. The van der Waals surface area contributed by atoms with Gasteiger partial charge in [-0.05, 0) is 0 Å². The summed E-state index contributed by atoms with van der Waals surface area (Å²) < 4.78 is 3.29. The zero-order valence-corrected chi connectivity index (χ0v) is 12.2. The van der Waals surface area contributed by atoms with E-state index in [4.69, 9.17) is 0 Å². The van der Waals surface area contributed by atoms with Gasteiger partial charge in [0.1, 0.15) is 0 Å². The van der Waals surface area contributed by atoms with Crippen LogP contribution in [0.3, 0.4) is 0 Å². The molecule has 16 heavy (non-hydrogen) atoms. The monoisotopic (exact) mass is 340 g/mol. The SMILES string of the molecule is C1=CC(C2=C[Se]C(C3C=CC=C3)=C[Se]2)C=C1. The van der Waals surface area contributed by atoms with E-state index in [1.165, 1.54) is 0 Å². The maximum absolute atomic E-state index is 2.51. The molecule has 0 fully saturated rings. The Balaban J connectivity index is 1.68. The van der Waals surface area contributed by atoms with Crippen LogP contribution in [0.4, 0.5) is 0 Å². The van der Waals surface area contributed by atoms with E-state index in [1.807, 2.05) is 0 Å². The Morgan fingerprint density at radius 3 is 1.31 bits per heavy atom. The van der Waals surface area contributed by atoms with E-state index in [1.54, 1.807) is 8.94 Å². The van der Waals surface area contributed by atoms with Crippen LogP contribution in [-0.4, -0.2) is 29.9 Å². The molecule has 2 heteroatoms. The normalized spacial score (nSPS) is 24.2. The van der Waals surface area contributed by atoms with Crippen LogP contribution in [0.25, 0.3) is 0 Å². The van der Waals surface area contributed by atoms with Gasteiger partial charge in [-0.25, -0.2) is 0 Å². The summed E-state index contributed by atoms with van der Waals surface area (Å²) in [6, 6.07) is 0. The first-order valence-corrected chi connectivity index (χ1v) is 9.06. The summed E-state index contributed by atoms with van der Waals surface area (Å²) in [4.78, 5) is 5.01. The second kappa shape index (κ2) is 4.77. The molecule has 0 bridgehead atoms. The molecule has 3 rings (SSSR count). The van der Waals surface area contributed by atoms with Gasteiger partial charge in [0.25, 0.3) is 0 Å². The molecular formula is C14H12Se2. The van der Waals surface area contributed by atoms with Crippen LogP contribution in [0.5, 0.6) is 0 Å². The van der Waals surface area contributed by atoms with Gasteiger partial charge < -0.3 is 0 Å². The van der Waals surface area contributed by atoms with E-state index in [9.17, 15) is 0 Å². The second-order valence-corrected chi connectivity index (χ2v) is 7.82. The Morgan fingerprint density at radius 1 is 0.625 bits per heavy atom. The van der Waals surface area contributed by atoms with E-state index in [0.29, 0.717) is 41.7 Å². The average Bonchev–Trinajstić information content (AvgIpc) is 3.03. The predicted molar refractivity (Wildman–Crippen MR) is 71.2 cm³/mol. The van der Waals surface area contributed by atoms with Crippen molar-refractivity contribution in [2.24, 2.45) is 11.8 Å². The van der Waals surface area contributed by atoms with E-state index in [-0.39, 0.29) is 0 Å². The minimum absolute atomic E-state index is 0.559. The van der Waals surface area contributed by atoms with Crippen molar-refractivity contribution in [2.45, 2.75) is 0 Å². The first kappa shape index (κ1) is 10.6. The summed E-state index contributed by atoms with van der Waals surface area (Å²) in [5.74, 6) is 1.21. The average molecular weight is 338 g/mol. The molecule has 0 amide bonds. The third kappa shape index (κ3) is 2.12. The Bertz CT molecular complexity index is 393. The molecule has 3 aliphatic rings. The molecule has 0 nitrogen and oxygen atoms in total. The molecule has 0 N–H and O–H groups in total. The quantitative estimate of drug-likeness (QED) is 0.679. The molecule has 0 spiro atoms. The summed E-state index contributed by atoms with van der Waals surface area (Å²) in [5, 5.41) is 0. The molecular weight excluding hydrogens is 326 g/mol. The molecule has 0 radical (unpaired) electrons. The molecule has 80 valence electrons. The Morgan fingerprint density at radius 2 is 1.00 bits per heavy atom. The Kier molecular flexibility index (Phi) is 3.17. The third-order valence-electron chi connectivity index (χ3n) is 2.78. The molecule has 0 saturated heterocycles. The van der Waals surface area contributed by atoms with Crippen LogP contribution in [0, 0.1) is 11.8 Å². The fraction of sp³-hybridized carbons (Fsp3) is 0.143. The number of hydrogen-bond donors (Lipinski definition) is 0. The first-order chi connectivity index (χ1) is 7.93. The van der Waals surface area contributed by atoms with Crippen molar-refractivity contribution >= 4 is 29.9 Å². The Hall–Kier alpha value is -0.521. The molecule has 0 aromatic carbocycles. The van der Waals surface area contributed by atoms with Crippen LogP contribution < -0.4 is 0 Å². The van der Waals surface area contributed by atoms with Crippen molar-refractivity contribution < 1.29 is 0 Å². The topological polar surface area (TPSA) is 0 Å². The number of rotatable bonds is 2. The zero-order chi connectivity index (χ0) is 10.8. The van der Waals surface area contributed by atoms with Crippen LogP contribution in [0.1, 0.15) is 0 Å². The van der Waals surface area contributed by atoms with Gasteiger partial charge >= 0.3 is 109 Å². The molecule has 0 saturated carbocycles. The summed E-state index contributed by atoms with van der Waals surface area (Å²) in [6.45, 7) is 0. The molecule has 2 aliphatic carbocycles. The van der Waals surface area contributed by atoms with Crippen molar-refractivity contribution in [1.29, 1.82) is 0 Å². The Labute approximate surface area is 109 Å². The van der Waals surface area contributed by atoms with Crippen LogP contribution >= 0.6 is 0 Å². The minimum atomic E-state index is 0.559. The maximum atomic E-state index is 2.51. The fourth-order valence-electron chi connectivity index (χ4n) is 1.87. The molecule has 0 aromatic heterocycles. The number of hydrogen-bond acceptors (Lipinski definition) is 0. The summed E-state index contributed by atoms with van der Waals surface area (Å²) in [5.41, 5.74) is 0. The summed E-state index contributed by atoms with van der Waals surface area (Å²) >= 11 is 1.12. The molecule has 0 aromatic rings. The molecule has 1 aliphatic heterocycles. The van der Waals surface area contributed by atoms with Crippen molar-refractivity contribution in [3.8, 4) is 0 Å². The summed E-state index contributed by atoms with van der Waals surface area (Å²) in [7, 11) is 0. The molecule has 0 unspecified atom stereocenters. The van der Waals surface area contributed by atoms with E-state index >= 15 is 0 Å². The van der Waals surface area contributed by atoms with Crippen molar-refractivity contribution in [2.75, 3.05) is 0 Å². The van der Waals surface area contributed by atoms with E-state index < -0.39 is 0 Å². The van der Waals surface area contributed by atoms with Gasteiger partial charge in [-0.1, -0.05) is 0 Å². The van der Waals surface area contributed by atoms with Gasteiger partial charge in [-0.3, -0.25) is 0 Å². The van der Waals surface area contributed by atoms with E-state index in [0.717, 1.165) is 0 Å². The van der Waals surface area contributed by atoms with Gasteiger partial charge in [0.2, 0.25) is 0 Å². The molecule has 0 atom stereocenters. The number of allylic oxidation sites excluding steroid dienone is 10. The van der Waals surface area contributed by atoms with E-state index in [2.05, 4.69) is 58.6 Å². The van der Waals surface area contributed by atoms with Gasteiger partial charge in [0, 0.05) is 0 Å². The molecule has 1 heterocycles. The van der Waals surface area contributed by atoms with Crippen LogP contribution in [-0.2, 0) is 0 Å². The van der Waals surface area contributed by atoms with Crippen LogP contribution in [0.2, 0.25) is 0 Å². The zero-order valence-electron chi connectivity index (χ0n) is 8.74. The van der Waals surface area contributed by atoms with Gasteiger partial charge in [-0.15, -0.1) is 0 Å². The van der Waals surface area contributed by atoms with Crippen molar-refractivity contribution in [3.05, 3.63) is 67.5 Å². The van der Waals surface area contributed by atoms with Gasteiger partial charge in [0.15, 0.2) is 0 Å². The van der Waals surface area contributed by atoms with Crippen molar-refractivity contribution in [3.63, 3.8) is 0 Å². The predicted octanol–water partition coefficient (Wildman–Crippen LogP) is 2.58. The fourth-order valence-corrected chi connectivity index (χ4v) is 7.40. The van der Waals surface area contributed by atoms with Crippen molar-refractivity contribution in [1.82, 2.24) is 0 Å². The van der Waals surface area contributed by atoms with Gasteiger partial charge in [0.05, 0.1) is 0 Å². The van der Waals surface area contributed by atoms with Gasteiger partial charge in [-0.2, -0.15) is 0 Å². The third-order valence-corrected chi connectivity index (χ3v) is 8.63. The first-order valence-electron chi connectivity index (χ1n) is 5.37. The second-order valence-electron chi connectivity index (χ2n) is 3.87. The summed E-state index contributed by atoms with van der Waals surface area (Å²) in [6.07, 6.45) is 17.9.